The summed E-state index contributed by atoms with van der Waals surface area (Å²) in [4.78, 5) is 15.0. The Labute approximate surface area is 198 Å². The van der Waals surface area contributed by atoms with Gasteiger partial charge in [0.05, 0.1) is 16.4 Å². The minimum Gasteiger partial charge on any atom is -0.489 e. The fourth-order valence-corrected chi connectivity index (χ4v) is 4.17. The number of carbonyl (C=O) groups is 1. The van der Waals surface area contributed by atoms with E-state index in [0.717, 1.165) is 42.9 Å². The Balaban J connectivity index is 1.39. The predicted octanol–water partition coefficient (Wildman–Crippen LogP) is 5.65. The van der Waals surface area contributed by atoms with Crippen molar-refractivity contribution in [3.63, 3.8) is 0 Å². The molecule has 1 heterocycles. The van der Waals surface area contributed by atoms with E-state index in [1.54, 1.807) is 18.2 Å². The topological polar surface area (TPSA) is 53.6 Å². The predicted molar refractivity (Wildman–Crippen MR) is 134 cm³/mol. The van der Waals surface area contributed by atoms with Crippen molar-refractivity contribution in [2.24, 2.45) is 0 Å². The number of anilines is 2. The lowest BCUT2D eigenvalue weighted by atomic mass is 10.2. The first kappa shape index (κ1) is 22.1. The molecule has 0 aromatic heterocycles. The van der Waals surface area contributed by atoms with E-state index in [4.69, 9.17) is 28.6 Å². The normalized spacial score (nSPS) is 13.0. The quantitative estimate of drug-likeness (QED) is 0.461. The SMILES string of the molecule is O=C(NC(=S)Nc1cccc(Cl)c1N1CCCC1)c1cccc(OCc2ccccc2)c1. The lowest BCUT2D eigenvalue weighted by Gasteiger charge is -2.23. The Morgan fingerprint density at radius 2 is 1.75 bits per heavy atom. The van der Waals surface area contributed by atoms with E-state index in [1.165, 1.54) is 0 Å². The summed E-state index contributed by atoms with van der Waals surface area (Å²) in [6.07, 6.45) is 2.27. The van der Waals surface area contributed by atoms with E-state index in [9.17, 15) is 4.79 Å². The van der Waals surface area contributed by atoms with Crippen molar-refractivity contribution in [3.05, 3.63) is 88.9 Å². The van der Waals surface area contributed by atoms with Gasteiger partial charge in [0.2, 0.25) is 0 Å². The molecule has 3 aromatic carbocycles. The molecule has 1 saturated heterocycles. The summed E-state index contributed by atoms with van der Waals surface area (Å²) in [6.45, 7) is 2.33. The first-order chi connectivity index (χ1) is 15.6. The second-order valence-electron chi connectivity index (χ2n) is 7.54. The van der Waals surface area contributed by atoms with Crippen LogP contribution in [-0.2, 0) is 6.61 Å². The molecule has 7 heteroatoms. The number of carbonyl (C=O) groups excluding carboxylic acids is 1. The van der Waals surface area contributed by atoms with E-state index < -0.39 is 0 Å². The molecule has 0 saturated carbocycles. The molecule has 3 aromatic rings. The highest BCUT2D eigenvalue weighted by Crippen LogP contribution is 2.35. The molecule has 32 heavy (non-hydrogen) atoms. The summed E-state index contributed by atoms with van der Waals surface area (Å²) in [7, 11) is 0. The van der Waals surface area contributed by atoms with Crippen molar-refractivity contribution in [2.75, 3.05) is 23.3 Å². The van der Waals surface area contributed by atoms with Gasteiger partial charge < -0.3 is 15.0 Å². The van der Waals surface area contributed by atoms with Gasteiger partial charge >= 0.3 is 0 Å². The number of hydrogen-bond acceptors (Lipinski definition) is 4. The van der Waals surface area contributed by atoms with Crippen molar-refractivity contribution in [1.82, 2.24) is 5.32 Å². The molecule has 2 N–H and O–H groups in total. The molecule has 0 radical (unpaired) electrons. The molecule has 0 atom stereocenters. The van der Waals surface area contributed by atoms with Crippen molar-refractivity contribution in [1.29, 1.82) is 0 Å². The summed E-state index contributed by atoms with van der Waals surface area (Å²) < 4.78 is 5.82. The molecular formula is C25H24ClN3O2S. The molecule has 1 fully saturated rings. The monoisotopic (exact) mass is 465 g/mol. The molecule has 1 aliphatic rings. The molecule has 0 aliphatic carbocycles. The Morgan fingerprint density at radius 1 is 1.00 bits per heavy atom. The number of nitrogens with one attached hydrogen (secondary N) is 2. The second-order valence-corrected chi connectivity index (χ2v) is 8.36. The third-order valence-electron chi connectivity index (χ3n) is 5.23. The third-order valence-corrected chi connectivity index (χ3v) is 5.74. The van der Waals surface area contributed by atoms with E-state index in [0.29, 0.717) is 22.9 Å². The molecule has 1 aliphatic heterocycles. The molecule has 0 bridgehead atoms. The molecule has 4 rings (SSSR count). The van der Waals surface area contributed by atoms with E-state index >= 15 is 0 Å². The number of nitrogens with zero attached hydrogens (tertiary/aromatic N) is 1. The minimum atomic E-state index is -0.308. The average Bonchev–Trinajstić information content (AvgIpc) is 3.33. The van der Waals surface area contributed by atoms with Gasteiger partial charge in [0, 0.05) is 18.7 Å². The first-order valence-corrected chi connectivity index (χ1v) is 11.3. The first-order valence-electron chi connectivity index (χ1n) is 10.5. The van der Waals surface area contributed by atoms with Crippen LogP contribution in [0.1, 0.15) is 28.8 Å². The van der Waals surface area contributed by atoms with E-state index in [1.807, 2.05) is 54.6 Å². The van der Waals surface area contributed by atoms with Crippen LogP contribution in [0.4, 0.5) is 11.4 Å². The summed E-state index contributed by atoms with van der Waals surface area (Å²) >= 11 is 11.9. The lowest BCUT2D eigenvalue weighted by Crippen LogP contribution is -2.34. The number of amides is 1. The number of rotatable bonds is 6. The summed E-state index contributed by atoms with van der Waals surface area (Å²) in [5.74, 6) is 0.309. The van der Waals surface area contributed by atoms with Gasteiger partial charge in [-0.1, -0.05) is 54.1 Å². The van der Waals surface area contributed by atoms with Crippen LogP contribution in [0.3, 0.4) is 0 Å². The molecule has 164 valence electrons. The zero-order valence-electron chi connectivity index (χ0n) is 17.5. The smallest absolute Gasteiger partial charge is 0.257 e. The zero-order valence-corrected chi connectivity index (χ0v) is 19.1. The third kappa shape index (κ3) is 5.58. The van der Waals surface area contributed by atoms with Crippen molar-refractivity contribution in [3.8, 4) is 5.75 Å². The van der Waals surface area contributed by atoms with Gasteiger partial charge in [0.25, 0.3) is 5.91 Å². The molecule has 1 amide bonds. The highest BCUT2D eigenvalue weighted by molar-refractivity contribution is 7.80. The standard InChI is InChI=1S/C25H24ClN3O2S/c26-21-12-7-13-22(23(21)29-14-4-5-15-29)27-25(32)28-24(30)19-10-6-11-20(16-19)31-17-18-8-2-1-3-9-18/h1-3,6-13,16H,4-5,14-15,17H2,(H2,27,28,30,32). The van der Waals surface area contributed by atoms with Gasteiger partial charge in [-0.2, -0.15) is 0 Å². The van der Waals surface area contributed by atoms with E-state index in [-0.39, 0.29) is 11.0 Å². The number of halogens is 1. The number of benzene rings is 3. The average molecular weight is 466 g/mol. The summed E-state index contributed by atoms with van der Waals surface area (Å²) in [5, 5.41) is 6.76. The maximum atomic E-state index is 12.7. The molecular weight excluding hydrogens is 442 g/mol. The van der Waals surface area contributed by atoms with E-state index in [2.05, 4.69) is 15.5 Å². The number of thiocarbonyl (C=S) groups is 1. The fraction of sp³-hybridized carbons (Fsp3) is 0.200. The maximum Gasteiger partial charge on any atom is 0.257 e. The van der Waals surface area contributed by atoms with Crippen LogP contribution in [0.15, 0.2) is 72.8 Å². The van der Waals surface area contributed by atoms with Gasteiger partial charge in [-0.05, 0) is 61.0 Å². The number of hydrogen-bond donors (Lipinski definition) is 2. The van der Waals surface area contributed by atoms with Crippen molar-refractivity contribution in [2.45, 2.75) is 19.4 Å². The summed E-state index contributed by atoms with van der Waals surface area (Å²) in [6, 6.07) is 22.6. The van der Waals surface area contributed by atoms with Crippen LogP contribution < -0.4 is 20.3 Å². The maximum absolute atomic E-state index is 12.7. The second kappa shape index (κ2) is 10.5. The van der Waals surface area contributed by atoms with Gasteiger partial charge in [-0.15, -0.1) is 0 Å². The molecule has 0 spiro atoms. The van der Waals surface area contributed by atoms with Crippen molar-refractivity contribution < 1.29 is 9.53 Å². The highest BCUT2D eigenvalue weighted by atomic mass is 35.5. The summed E-state index contributed by atoms with van der Waals surface area (Å²) in [5.41, 5.74) is 3.22. The Hall–Kier alpha value is -3.09. The van der Waals surface area contributed by atoms with Crippen LogP contribution in [0.2, 0.25) is 5.02 Å². The Morgan fingerprint density at radius 3 is 2.53 bits per heavy atom. The Kier molecular flexibility index (Phi) is 7.24. The molecule has 0 unspecified atom stereocenters. The van der Waals surface area contributed by atoms with Crippen LogP contribution in [0.5, 0.6) is 5.75 Å². The molecule has 5 nitrogen and oxygen atoms in total. The lowest BCUT2D eigenvalue weighted by molar-refractivity contribution is 0.0977. The van der Waals surface area contributed by atoms with Crippen molar-refractivity contribution >= 4 is 46.2 Å². The number of ether oxygens (including phenoxy) is 1. The van der Waals surface area contributed by atoms with Crippen LogP contribution in [-0.4, -0.2) is 24.1 Å². The van der Waals surface area contributed by atoms with Crippen LogP contribution >= 0.6 is 23.8 Å². The van der Waals surface area contributed by atoms with Crippen LogP contribution in [0.25, 0.3) is 0 Å². The largest absolute Gasteiger partial charge is 0.489 e. The minimum absolute atomic E-state index is 0.216. The van der Waals surface area contributed by atoms with Crippen LogP contribution in [0, 0.1) is 0 Å². The number of para-hydroxylation sites is 1. The fourth-order valence-electron chi connectivity index (χ4n) is 3.68. The van der Waals surface area contributed by atoms with Gasteiger partial charge in [0.1, 0.15) is 12.4 Å². The zero-order chi connectivity index (χ0) is 22.3. The van der Waals surface area contributed by atoms with Gasteiger partial charge in [-0.25, -0.2) is 0 Å². The highest BCUT2D eigenvalue weighted by Gasteiger charge is 2.19. The van der Waals surface area contributed by atoms with Gasteiger partial charge in [-0.3, -0.25) is 10.1 Å². The Bertz CT molecular complexity index is 1100. The van der Waals surface area contributed by atoms with Gasteiger partial charge in [0.15, 0.2) is 5.11 Å².